The van der Waals surface area contributed by atoms with Crippen molar-refractivity contribution < 1.29 is 4.74 Å². The first-order chi connectivity index (χ1) is 9.61. The Balaban J connectivity index is 2.29. The third kappa shape index (κ3) is 3.72. The van der Waals surface area contributed by atoms with Gasteiger partial charge in [-0.05, 0) is 53.7 Å². The maximum Gasteiger partial charge on any atom is 0.224 e. The monoisotopic (exact) mass is 354 g/mol. The Morgan fingerprint density at radius 3 is 2.90 bits per heavy atom. The van der Waals surface area contributed by atoms with Gasteiger partial charge in [0.05, 0.1) is 4.47 Å². The second kappa shape index (κ2) is 7.07. The molecule has 1 aromatic heterocycles. The van der Waals surface area contributed by atoms with Crippen molar-refractivity contribution >= 4 is 27.5 Å². The molecule has 0 saturated carbocycles. The van der Waals surface area contributed by atoms with Crippen LogP contribution >= 0.6 is 27.5 Å². The number of nitrogens with zero attached hydrogens (tertiary/aromatic N) is 1. The third-order valence-corrected chi connectivity index (χ3v) is 3.73. The van der Waals surface area contributed by atoms with E-state index in [-0.39, 0.29) is 6.04 Å². The largest absolute Gasteiger partial charge is 0.437 e. The van der Waals surface area contributed by atoms with Gasteiger partial charge < -0.3 is 10.1 Å². The molecule has 0 fully saturated rings. The number of halogens is 2. The molecular formula is C15H16BrClN2O. The Labute approximate surface area is 132 Å². The lowest BCUT2D eigenvalue weighted by molar-refractivity contribution is 0.441. The van der Waals surface area contributed by atoms with E-state index in [1.165, 1.54) is 0 Å². The van der Waals surface area contributed by atoms with Gasteiger partial charge in [-0.3, -0.25) is 0 Å². The molecule has 0 saturated heterocycles. The number of hydrogen-bond donors (Lipinski definition) is 1. The lowest BCUT2D eigenvalue weighted by atomic mass is 10.1. The predicted molar refractivity (Wildman–Crippen MR) is 85.6 cm³/mol. The van der Waals surface area contributed by atoms with E-state index in [4.69, 9.17) is 16.3 Å². The van der Waals surface area contributed by atoms with E-state index < -0.39 is 0 Å². The van der Waals surface area contributed by atoms with Crippen LogP contribution in [0.2, 0.25) is 5.02 Å². The molecule has 0 aliphatic rings. The fourth-order valence-corrected chi connectivity index (χ4v) is 2.66. The molecule has 0 aliphatic heterocycles. The summed E-state index contributed by atoms with van der Waals surface area (Å²) in [5.74, 6) is 1.29. The van der Waals surface area contributed by atoms with E-state index in [9.17, 15) is 0 Å². The van der Waals surface area contributed by atoms with Crippen molar-refractivity contribution in [2.75, 3.05) is 6.54 Å². The van der Waals surface area contributed by atoms with Crippen molar-refractivity contribution in [3.63, 3.8) is 0 Å². The highest BCUT2D eigenvalue weighted by molar-refractivity contribution is 9.10. The van der Waals surface area contributed by atoms with Gasteiger partial charge in [-0.15, -0.1) is 0 Å². The van der Waals surface area contributed by atoms with Gasteiger partial charge in [0.2, 0.25) is 5.88 Å². The highest BCUT2D eigenvalue weighted by atomic mass is 79.9. The lowest BCUT2D eigenvalue weighted by Gasteiger charge is -2.16. The summed E-state index contributed by atoms with van der Waals surface area (Å²) in [6, 6.07) is 9.51. The quantitative estimate of drug-likeness (QED) is 0.823. The van der Waals surface area contributed by atoms with Crippen molar-refractivity contribution in [3.05, 3.63) is 51.6 Å². The molecule has 2 aromatic rings. The van der Waals surface area contributed by atoms with Crippen LogP contribution in [0.5, 0.6) is 11.6 Å². The molecule has 20 heavy (non-hydrogen) atoms. The van der Waals surface area contributed by atoms with Crippen molar-refractivity contribution in [3.8, 4) is 11.6 Å². The van der Waals surface area contributed by atoms with Crippen LogP contribution in [0, 0.1) is 0 Å². The predicted octanol–water partition coefficient (Wildman–Crippen LogP) is 4.96. The average molecular weight is 356 g/mol. The smallest absolute Gasteiger partial charge is 0.224 e. The zero-order valence-electron chi connectivity index (χ0n) is 11.4. The Kier molecular flexibility index (Phi) is 5.40. The molecule has 0 amide bonds. The summed E-state index contributed by atoms with van der Waals surface area (Å²) >= 11 is 9.38. The van der Waals surface area contributed by atoms with E-state index in [0.29, 0.717) is 16.7 Å². The minimum Gasteiger partial charge on any atom is -0.437 e. The molecule has 1 unspecified atom stereocenters. The van der Waals surface area contributed by atoms with Gasteiger partial charge in [-0.1, -0.05) is 24.6 Å². The van der Waals surface area contributed by atoms with Crippen molar-refractivity contribution in [2.45, 2.75) is 19.9 Å². The molecule has 2 rings (SSSR count). The number of ether oxygens (including phenoxy) is 1. The van der Waals surface area contributed by atoms with Crippen molar-refractivity contribution in [2.24, 2.45) is 0 Å². The molecule has 1 heterocycles. The van der Waals surface area contributed by atoms with E-state index in [2.05, 4.69) is 40.1 Å². The minimum atomic E-state index is 0.176. The zero-order chi connectivity index (χ0) is 14.5. The molecule has 106 valence electrons. The van der Waals surface area contributed by atoms with Crippen molar-refractivity contribution in [1.29, 1.82) is 0 Å². The minimum absolute atomic E-state index is 0.176. The molecule has 1 aromatic carbocycles. The summed E-state index contributed by atoms with van der Waals surface area (Å²) in [6.07, 6.45) is 1.72. The van der Waals surface area contributed by atoms with Crippen LogP contribution in [-0.2, 0) is 0 Å². The lowest BCUT2D eigenvalue weighted by Crippen LogP contribution is -2.18. The molecule has 0 radical (unpaired) electrons. The number of hydrogen-bond acceptors (Lipinski definition) is 3. The third-order valence-electron chi connectivity index (χ3n) is 2.88. The van der Waals surface area contributed by atoms with Gasteiger partial charge in [0.1, 0.15) is 5.75 Å². The summed E-state index contributed by atoms with van der Waals surface area (Å²) in [5.41, 5.74) is 1.02. The first-order valence-corrected chi connectivity index (χ1v) is 7.60. The van der Waals surface area contributed by atoms with E-state index in [0.717, 1.165) is 16.6 Å². The summed E-state index contributed by atoms with van der Waals surface area (Å²) in [5, 5.41) is 4.02. The number of nitrogens with one attached hydrogen (secondary N) is 1. The Morgan fingerprint density at radius 1 is 1.40 bits per heavy atom. The van der Waals surface area contributed by atoms with E-state index >= 15 is 0 Å². The number of aromatic nitrogens is 1. The van der Waals surface area contributed by atoms with Gasteiger partial charge in [-0.25, -0.2) is 4.98 Å². The van der Waals surface area contributed by atoms with E-state index in [1.807, 2.05) is 18.2 Å². The second-order valence-electron chi connectivity index (χ2n) is 4.35. The fraction of sp³-hybridized carbons (Fsp3) is 0.267. The van der Waals surface area contributed by atoms with Crippen molar-refractivity contribution in [1.82, 2.24) is 10.3 Å². The van der Waals surface area contributed by atoms with Crippen LogP contribution in [0.4, 0.5) is 0 Å². The number of rotatable bonds is 5. The van der Waals surface area contributed by atoms with Crippen LogP contribution < -0.4 is 10.1 Å². The summed E-state index contributed by atoms with van der Waals surface area (Å²) < 4.78 is 6.71. The maximum absolute atomic E-state index is 5.93. The molecule has 1 atom stereocenters. The molecular weight excluding hydrogens is 340 g/mol. The molecule has 3 nitrogen and oxygen atoms in total. The Hall–Kier alpha value is -1.10. The fourth-order valence-electron chi connectivity index (χ4n) is 1.90. The van der Waals surface area contributed by atoms with Crippen LogP contribution in [-0.4, -0.2) is 11.5 Å². The highest BCUT2D eigenvalue weighted by Crippen LogP contribution is 2.33. The van der Waals surface area contributed by atoms with Gasteiger partial charge in [0, 0.05) is 22.8 Å². The van der Waals surface area contributed by atoms with E-state index in [1.54, 1.807) is 18.3 Å². The van der Waals surface area contributed by atoms with Gasteiger partial charge >= 0.3 is 0 Å². The van der Waals surface area contributed by atoms with Gasteiger partial charge in [0.15, 0.2) is 0 Å². The first-order valence-electron chi connectivity index (χ1n) is 6.43. The molecule has 0 bridgehead atoms. The first kappa shape index (κ1) is 15.3. The molecule has 1 N–H and O–H groups in total. The summed E-state index contributed by atoms with van der Waals surface area (Å²) in [6.45, 7) is 5.05. The summed E-state index contributed by atoms with van der Waals surface area (Å²) in [4.78, 5) is 4.32. The van der Waals surface area contributed by atoms with Crippen LogP contribution in [0.3, 0.4) is 0 Å². The van der Waals surface area contributed by atoms with Gasteiger partial charge in [0.25, 0.3) is 0 Å². The Morgan fingerprint density at radius 2 is 2.20 bits per heavy atom. The topological polar surface area (TPSA) is 34.2 Å². The molecule has 5 heteroatoms. The molecule has 0 spiro atoms. The van der Waals surface area contributed by atoms with Crippen LogP contribution in [0.25, 0.3) is 0 Å². The standard InChI is InChI=1S/C15H16BrClN2O/c1-3-18-10(2)12-5-4-8-19-15(12)20-14-7-6-11(17)9-13(14)16/h4-10,18H,3H2,1-2H3. The second-order valence-corrected chi connectivity index (χ2v) is 5.64. The average Bonchev–Trinajstić information content (AvgIpc) is 2.43. The number of pyridine rings is 1. The SMILES string of the molecule is CCNC(C)c1cccnc1Oc1ccc(Cl)cc1Br. The molecule has 0 aliphatic carbocycles. The highest BCUT2D eigenvalue weighted by Gasteiger charge is 2.13. The van der Waals surface area contributed by atoms with Crippen LogP contribution in [0.15, 0.2) is 41.0 Å². The zero-order valence-corrected chi connectivity index (χ0v) is 13.7. The van der Waals surface area contributed by atoms with Crippen LogP contribution in [0.1, 0.15) is 25.5 Å². The maximum atomic E-state index is 5.93. The Bertz CT molecular complexity index is 592. The summed E-state index contributed by atoms with van der Waals surface area (Å²) in [7, 11) is 0. The van der Waals surface area contributed by atoms with Gasteiger partial charge in [-0.2, -0.15) is 0 Å². The normalized spacial score (nSPS) is 12.2. The number of benzene rings is 1.